The zero-order chi connectivity index (χ0) is 20.1. The van der Waals surface area contributed by atoms with Crippen LogP contribution in [0.3, 0.4) is 0 Å². The maximum atomic E-state index is 12.9. The number of carbonyl (C=O) groups excluding carboxylic acids is 1. The number of rotatable bonds is 3. The number of hydrogen-bond donors (Lipinski definition) is 1. The van der Waals surface area contributed by atoms with Gasteiger partial charge in [-0.1, -0.05) is 12.1 Å². The van der Waals surface area contributed by atoms with Gasteiger partial charge < -0.3 is 15.4 Å². The van der Waals surface area contributed by atoms with Gasteiger partial charge in [0.05, 0.1) is 11.1 Å². The Labute approximate surface area is 173 Å². The first-order chi connectivity index (χ1) is 13.2. The van der Waals surface area contributed by atoms with E-state index in [9.17, 15) is 18.0 Å². The van der Waals surface area contributed by atoms with Gasteiger partial charge >= 0.3 is 12.1 Å². The molecule has 1 saturated heterocycles. The van der Waals surface area contributed by atoms with Gasteiger partial charge in [-0.15, -0.1) is 12.4 Å². The molecule has 0 amide bonds. The van der Waals surface area contributed by atoms with Crippen molar-refractivity contribution < 1.29 is 22.7 Å². The number of nitrogens with two attached hydrogens (primary N) is 1. The topological polar surface area (TPSA) is 55.6 Å². The molecule has 0 radical (unpaired) electrons. The molecule has 1 unspecified atom stereocenters. The lowest BCUT2D eigenvalue weighted by molar-refractivity contribution is -0.137. The summed E-state index contributed by atoms with van der Waals surface area (Å²) in [5.41, 5.74) is 8.78. The molecule has 2 heterocycles. The minimum Gasteiger partial charge on any atom is -0.454 e. The van der Waals surface area contributed by atoms with E-state index in [1.54, 1.807) is 6.92 Å². The van der Waals surface area contributed by atoms with E-state index < -0.39 is 23.8 Å². The summed E-state index contributed by atoms with van der Waals surface area (Å²) in [6.45, 7) is 3.24. The number of alkyl halides is 3. The lowest BCUT2D eigenvalue weighted by Gasteiger charge is -2.19. The smallest absolute Gasteiger partial charge is 0.416 e. The maximum absolute atomic E-state index is 12.9. The predicted octanol–water partition coefficient (Wildman–Crippen LogP) is 4.43. The molecule has 29 heavy (non-hydrogen) atoms. The molecule has 0 aromatic heterocycles. The van der Waals surface area contributed by atoms with E-state index in [1.165, 1.54) is 6.07 Å². The molecule has 8 heteroatoms. The third-order valence-electron chi connectivity index (χ3n) is 5.52. The predicted molar refractivity (Wildman–Crippen MR) is 107 cm³/mol. The van der Waals surface area contributed by atoms with Crippen molar-refractivity contribution in [3.8, 4) is 0 Å². The number of hydrogen-bond acceptors (Lipinski definition) is 4. The van der Waals surface area contributed by atoms with Gasteiger partial charge in [0.15, 0.2) is 0 Å². The normalized spacial score (nSPS) is 21.0. The van der Waals surface area contributed by atoms with Crippen LogP contribution in [-0.4, -0.2) is 25.1 Å². The molecule has 1 fully saturated rings. The number of halogens is 4. The van der Waals surface area contributed by atoms with Crippen LogP contribution in [0, 0.1) is 6.92 Å². The second-order valence-electron chi connectivity index (χ2n) is 7.50. The highest BCUT2D eigenvalue weighted by Gasteiger charge is 2.34. The number of cyclic esters (lactones) is 1. The minimum atomic E-state index is -4.37. The molecule has 2 aromatic rings. The molecule has 156 valence electrons. The molecule has 2 aliphatic heterocycles. The first kappa shape index (κ1) is 21.5. The number of fused-ring (bicyclic) bond motifs is 1. The molecule has 2 aromatic carbocycles. The molecule has 0 saturated carbocycles. The Bertz CT molecular complexity index is 933. The van der Waals surface area contributed by atoms with Crippen molar-refractivity contribution in [2.75, 3.05) is 18.0 Å². The summed E-state index contributed by atoms with van der Waals surface area (Å²) in [6.07, 6.45) is -3.61. The number of carbonyl (C=O) groups is 1. The molecule has 2 aliphatic rings. The molecular weight excluding hydrogens is 405 g/mol. The van der Waals surface area contributed by atoms with E-state index in [1.807, 2.05) is 18.2 Å². The van der Waals surface area contributed by atoms with Crippen LogP contribution >= 0.6 is 12.4 Å². The fraction of sp³-hybridized carbons (Fsp3) is 0.381. The van der Waals surface area contributed by atoms with Crippen LogP contribution in [0.5, 0.6) is 0 Å². The standard InChI is InChI=1S/C21H21F3N2O2.ClH/c1-12-8-14(21(22,23)24)3-2-13(12)9-19-17-5-4-16(10-18(17)20(27)28-19)26-7-6-15(25)11-26;/h2-5,8,10,15,19H,6-7,9,11,25H2,1H3;1H/t15-,19?;/m1./s1. The van der Waals surface area contributed by atoms with E-state index in [0.717, 1.165) is 48.5 Å². The van der Waals surface area contributed by atoms with Crippen molar-refractivity contribution in [2.24, 2.45) is 5.73 Å². The van der Waals surface area contributed by atoms with Crippen LogP contribution in [0.2, 0.25) is 0 Å². The third-order valence-corrected chi connectivity index (χ3v) is 5.52. The molecule has 0 bridgehead atoms. The average Bonchev–Trinajstić information content (AvgIpc) is 3.19. The molecule has 0 spiro atoms. The molecule has 0 aliphatic carbocycles. The van der Waals surface area contributed by atoms with Gasteiger partial charge in [-0.25, -0.2) is 4.79 Å². The highest BCUT2D eigenvalue weighted by atomic mass is 35.5. The summed E-state index contributed by atoms with van der Waals surface area (Å²) in [5.74, 6) is -0.394. The van der Waals surface area contributed by atoms with Crippen LogP contribution in [0.25, 0.3) is 0 Å². The van der Waals surface area contributed by atoms with Gasteiger partial charge in [0.2, 0.25) is 0 Å². The van der Waals surface area contributed by atoms with E-state index in [0.29, 0.717) is 17.5 Å². The van der Waals surface area contributed by atoms with Gasteiger partial charge in [-0.05, 0) is 48.7 Å². The van der Waals surface area contributed by atoms with Crippen molar-refractivity contribution in [1.82, 2.24) is 0 Å². The number of anilines is 1. The SMILES string of the molecule is Cc1cc(C(F)(F)F)ccc1CC1OC(=O)c2cc(N3CC[C@@H](N)C3)ccc21.Cl. The zero-order valence-corrected chi connectivity index (χ0v) is 16.6. The van der Waals surface area contributed by atoms with Gasteiger partial charge in [-0.3, -0.25) is 0 Å². The summed E-state index contributed by atoms with van der Waals surface area (Å²) < 4.78 is 44.1. The van der Waals surface area contributed by atoms with E-state index >= 15 is 0 Å². The van der Waals surface area contributed by atoms with Crippen LogP contribution < -0.4 is 10.6 Å². The zero-order valence-electron chi connectivity index (χ0n) is 15.8. The van der Waals surface area contributed by atoms with Gasteiger partial charge in [0.1, 0.15) is 6.10 Å². The summed E-state index contributed by atoms with van der Waals surface area (Å²) in [6, 6.07) is 9.45. The van der Waals surface area contributed by atoms with Crippen molar-refractivity contribution in [2.45, 2.75) is 38.1 Å². The van der Waals surface area contributed by atoms with Crippen molar-refractivity contribution >= 4 is 24.1 Å². The van der Waals surface area contributed by atoms with E-state index in [2.05, 4.69) is 4.90 Å². The highest BCUT2D eigenvalue weighted by molar-refractivity contribution is 5.95. The van der Waals surface area contributed by atoms with Gasteiger partial charge in [0, 0.05) is 36.8 Å². The molecule has 2 atom stereocenters. The van der Waals surface area contributed by atoms with Crippen LogP contribution in [0.1, 0.15) is 45.1 Å². The second-order valence-corrected chi connectivity index (χ2v) is 7.50. The number of benzene rings is 2. The molecule has 2 N–H and O–H groups in total. The summed E-state index contributed by atoms with van der Waals surface area (Å²) >= 11 is 0. The Morgan fingerprint density at radius 3 is 2.59 bits per heavy atom. The number of nitrogens with zero attached hydrogens (tertiary/aromatic N) is 1. The van der Waals surface area contributed by atoms with Crippen molar-refractivity contribution in [1.29, 1.82) is 0 Å². The van der Waals surface area contributed by atoms with Crippen molar-refractivity contribution in [3.05, 3.63) is 64.2 Å². The van der Waals surface area contributed by atoms with E-state index in [4.69, 9.17) is 10.5 Å². The Kier molecular flexibility index (Phi) is 5.83. The summed E-state index contributed by atoms with van der Waals surface area (Å²) in [5, 5.41) is 0. The fourth-order valence-electron chi connectivity index (χ4n) is 3.93. The Balaban J connectivity index is 0.00000240. The Morgan fingerprint density at radius 2 is 1.97 bits per heavy atom. The molecule has 4 nitrogen and oxygen atoms in total. The average molecular weight is 427 g/mol. The molecule has 4 rings (SSSR count). The number of aryl methyl sites for hydroxylation is 1. The number of ether oxygens (including phenoxy) is 1. The largest absolute Gasteiger partial charge is 0.454 e. The monoisotopic (exact) mass is 426 g/mol. The third kappa shape index (κ3) is 4.21. The fourth-order valence-corrected chi connectivity index (χ4v) is 3.93. The minimum absolute atomic E-state index is 0. The quantitative estimate of drug-likeness (QED) is 0.738. The van der Waals surface area contributed by atoms with Gasteiger partial charge in [0.25, 0.3) is 0 Å². The molecular formula is C21H22ClF3N2O2. The summed E-state index contributed by atoms with van der Waals surface area (Å²) in [4.78, 5) is 14.5. The maximum Gasteiger partial charge on any atom is 0.416 e. The highest BCUT2D eigenvalue weighted by Crippen LogP contribution is 2.37. The summed E-state index contributed by atoms with van der Waals surface area (Å²) in [7, 11) is 0. The van der Waals surface area contributed by atoms with Crippen LogP contribution in [0.4, 0.5) is 18.9 Å². The van der Waals surface area contributed by atoms with Crippen LogP contribution in [-0.2, 0) is 17.3 Å². The second kappa shape index (κ2) is 7.88. The van der Waals surface area contributed by atoms with Crippen LogP contribution in [0.15, 0.2) is 36.4 Å². The first-order valence-corrected chi connectivity index (χ1v) is 9.24. The number of esters is 1. The van der Waals surface area contributed by atoms with E-state index in [-0.39, 0.29) is 18.4 Å². The lowest BCUT2D eigenvalue weighted by Crippen LogP contribution is -2.26. The first-order valence-electron chi connectivity index (χ1n) is 9.24. The Morgan fingerprint density at radius 1 is 1.21 bits per heavy atom. The van der Waals surface area contributed by atoms with Crippen molar-refractivity contribution in [3.63, 3.8) is 0 Å². The van der Waals surface area contributed by atoms with Gasteiger partial charge in [-0.2, -0.15) is 13.2 Å². The lowest BCUT2D eigenvalue weighted by atomic mass is 9.95. The Hall–Kier alpha value is -2.25.